The number of likely N-dealkylation sites (tertiary alicyclic amines) is 1. The SMILES string of the molecule is Nc1ccc(N[C@@H]2CCN(C(=O)O)C2)c(F)c1. The predicted molar refractivity (Wildman–Crippen MR) is 62.4 cm³/mol. The first-order valence-corrected chi connectivity index (χ1v) is 5.35. The molecule has 5 nitrogen and oxygen atoms in total. The fraction of sp³-hybridized carbons (Fsp3) is 0.364. The minimum Gasteiger partial charge on any atom is -0.465 e. The Kier molecular flexibility index (Phi) is 3.03. The summed E-state index contributed by atoms with van der Waals surface area (Å²) in [6, 6.07) is 4.36. The van der Waals surface area contributed by atoms with Gasteiger partial charge in [-0.25, -0.2) is 9.18 Å². The summed E-state index contributed by atoms with van der Waals surface area (Å²) in [5.74, 6) is -0.418. The lowest BCUT2D eigenvalue weighted by Gasteiger charge is -2.15. The van der Waals surface area contributed by atoms with E-state index in [1.54, 1.807) is 12.1 Å². The average molecular weight is 239 g/mol. The highest BCUT2D eigenvalue weighted by Gasteiger charge is 2.26. The molecule has 1 heterocycles. The number of halogens is 1. The van der Waals surface area contributed by atoms with E-state index in [0.29, 0.717) is 30.9 Å². The number of amides is 1. The van der Waals surface area contributed by atoms with Gasteiger partial charge in [-0.3, -0.25) is 0 Å². The van der Waals surface area contributed by atoms with E-state index in [1.807, 2.05) is 0 Å². The number of rotatable bonds is 2. The Morgan fingerprint density at radius 1 is 1.59 bits per heavy atom. The van der Waals surface area contributed by atoms with Gasteiger partial charge < -0.3 is 21.1 Å². The molecule has 1 amide bonds. The van der Waals surface area contributed by atoms with Gasteiger partial charge in [0, 0.05) is 24.8 Å². The Bertz CT molecular complexity index is 439. The second-order valence-electron chi connectivity index (χ2n) is 4.10. The van der Waals surface area contributed by atoms with Crippen molar-refractivity contribution >= 4 is 17.5 Å². The minimum atomic E-state index is -0.938. The van der Waals surface area contributed by atoms with E-state index < -0.39 is 11.9 Å². The molecule has 0 aromatic heterocycles. The van der Waals surface area contributed by atoms with Crippen molar-refractivity contribution in [3.8, 4) is 0 Å². The fourth-order valence-electron chi connectivity index (χ4n) is 1.92. The molecule has 1 aliphatic rings. The standard InChI is InChI=1S/C11H14FN3O2/c12-9-5-7(13)1-2-10(9)14-8-3-4-15(6-8)11(16)17/h1-2,5,8,14H,3-4,6,13H2,(H,16,17)/t8-/m1/s1. The van der Waals surface area contributed by atoms with E-state index in [-0.39, 0.29) is 6.04 Å². The normalized spacial score (nSPS) is 19.4. The number of carboxylic acid groups (broad SMARTS) is 1. The highest BCUT2D eigenvalue weighted by molar-refractivity contribution is 5.65. The van der Waals surface area contributed by atoms with Crippen LogP contribution in [0.1, 0.15) is 6.42 Å². The number of hydrogen-bond acceptors (Lipinski definition) is 3. The molecule has 1 aromatic carbocycles. The van der Waals surface area contributed by atoms with Crippen LogP contribution in [0.15, 0.2) is 18.2 Å². The largest absolute Gasteiger partial charge is 0.465 e. The highest BCUT2D eigenvalue weighted by atomic mass is 19.1. The summed E-state index contributed by atoms with van der Waals surface area (Å²) in [4.78, 5) is 12.0. The maximum Gasteiger partial charge on any atom is 0.407 e. The molecule has 1 atom stereocenters. The molecule has 1 fully saturated rings. The van der Waals surface area contributed by atoms with Crippen molar-refractivity contribution < 1.29 is 14.3 Å². The zero-order valence-corrected chi connectivity index (χ0v) is 9.19. The van der Waals surface area contributed by atoms with Gasteiger partial charge in [0.15, 0.2) is 0 Å². The molecule has 0 spiro atoms. The number of benzene rings is 1. The summed E-state index contributed by atoms with van der Waals surface area (Å²) in [5, 5.41) is 11.8. The van der Waals surface area contributed by atoms with Crippen LogP contribution >= 0.6 is 0 Å². The maximum absolute atomic E-state index is 13.5. The summed E-state index contributed by atoms with van der Waals surface area (Å²) in [7, 11) is 0. The molecule has 92 valence electrons. The van der Waals surface area contributed by atoms with Crippen molar-refractivity contribution in [2.75, 3.05) is 24.1 Å². The van der Waals surface area contributed by atoms with Gasteiger partial charge in [0.2, 0.25) is 0 Å². The third kappa shape index (κ3) is 2.58. The van der Waals surface area contributed by atoms with Crippen molar-refractivity contribution in [2.24, 2.45) is 0 Å². The molecular formula is C11H14FN3O2. The molecule has 0 radical (unpaired) electrons. The Morgan fingerprint density at radius 2 is 2.35 bits per heavy atom. The van der Waals surface area contributed by atoms with Gasteiger partial charge >= 0.3 is 6.09 Å². The van der Waals surface area contributed by atoms with E-state index in [4.69, 9.17) is 10.8 Å². The van der Waals surface area contributed by atoms with Gasteiger partial charge in [0.05, 0.1) is 5.69 Å². The predicted octanol–water partition coefficient (Wildman–Crippen LogP) is 1.57. The van der Waals surface area contributed by atoms with Crippen LogP contribution in [0.3, 0.4) is 0 Å². The molecule has 1 saturated heterocycles. The van der Waals surface area contributed by atoms with E-state index in [1.165, 1.54) is 11.0 Å². The van der Waals surface area contributed by atoms with Crippen molar-refractivity contribution in [3.63, 3.8) is 0 Å². The first-order chi connectivity index (χ1) is 8.06. The molecule has 1 aromatic rings. The van der Waals surface area contributed by atoms with Crippen LogP contribution in [0.5, 0.6) is 0 Å². The third-order valence-corrected chi connectivity index (χ3v) is 2.81. The Morgan fingerprint density at radius 3 is 2.94 bits per heavy atom. The number of carbonyl (C=O) groups is 1. The highest BCUT2D eigenvalue weighted by Crippen LogP contribution is 2.20. The van der Waals surface area contributed by atoms with Gasteiger partial charge in [-0.1, -0.05) is 0 Å². The first kappa shape index (κ1) is 11.5. The van der Waals surface area contributed by atoms with Crippen molar-refractivity contribution in [1.29, 1.82) is 0 Å². The van der Waals surface area contributed by atoms with Gasteiger partial charge in [-0.2, -0.15) is 0 Å². The molecule has 0 aliphatic carbocycles. The molecule has 17 heavy (non-hydrogen) atoms. The number of anilines is 2. The van der Waals surface area contributed by atoms with Gasteiger partial charge in [-0.05, 0) is 24.6 Å². The summed E-state index contributed by atoms with van der Waals surface area (Å²) < 4.78 is 13.5. The zero-order chi connectivity index (χ0) is 12.4. The summed E-state index contributed by atoms with van der Waals surface area (Å²) in [5.41, 5.74) is 6.17. The first-order valence-electron chi connectivity index (χ1n) is 5.35. The Labute approximate surface area is 98.0 Å². The molecule has 0 bridgehead atoms. The second-order valence-corrected chi connectivity index (χ2v) is 4.10. The maximum atomic E-state index is 13.5. The average Bonchev–Trinajstić information content (AvgIpc) is 2.71. The number of nitrogens with two attached hydrogens (primary N) is 1. The van der Waals surface area contributed by atoms with E-state index in [0.717, 1.165) is 0 Å². The van der Waals surface area contributed by atoms with Crippen LogP contribution in [0.25, 0.3) is 0 Å². The van der Waals surface area contributed by atoms with Gasteiger partial charge in [0.25, 0.3) is 0 Å². The smallest absolute Gasteiger partial charge is 0.407 e. The van der Waals surface area contributed by atoms with Crippen LogP contribution in [0.2, 0.25) is 0 Å². The van der Waals surface area contributed by atoms with Crippen molar-refractivity contribution in [3.05, 3.63) is 24.0 Å². The van der Waals surface area contributed by atoms with Crippen LogP contribution in [-0.4, -0.2) is 35.2 Å². The lowest BCUT2D eigenvalue weighted by Crippen LogP contribution is -2.30. The second kappa shape index (κ2) is 4.48. The molecule has 4 N–H and O–H groups in total. The quantitative estimate of drug-likeness (QED) is 0.684. The van der Waals surface area contributed by atoms with E-state index in [9.17, 15) is 9.18 Å². The topological polar surface area (TPSA) is 78.6 Å². The molecular weight excluding hydrogens is 225 g/mol. The summed E-state index contributed by atoms with van der Waals surface area (Å²) in [6.45, 7) is 0.850. The fourth-order valence-corrected chi connectivity index (χ4v) is 1.92. The summed E-state index contributed by atoms with van der Waals surface area (Å²) >= 11 is 0. The van der Waals surface area contributed by atoms with Crippen LogP contribution < -0.4 is 11.1 Å². The number of nitrogen functional groups attached to an aromatic ring is 1. The molecule has 1 aliphatic heterocycles. The zero-order valence-electron chi connectivity index (χ0n) is 9.19. The van der Waals surface area contributed by atoms with E-state index in [2.05, 4.69) is 5.32 Å². The van der Waals surface area contributed by atoms with E-state index >= 15 is 0 Å². The van der Waals surface area contributed by atoms with Crippen LogP contribution in [0, 0.1) is 5.82 Å². The number of nitrogens with one attached hydrogen (secondary N) is 1. The minimum absolute atomic E-state index is 0.0516. The molecule has 6 heteroatoms. The van der Waals surface area contributed by atoms with Crippen LogP contribution in [0.4, 0.5) is 20.6 Å². The van der Waals surface area contributed by atoms with Gasteiger partial charge in [-0.15, -0.1) is 0 Å². The summed E-state index contributed by atoms with van der Waals surface area (Å²) in [6.07, 6.45) is -0.261. The molecule has 0 saturated carbocycles. The third-order valence-electron chi connectivity index (χ3n) is 2.81. The van der Waals surface area contributed by atoms with Crippen LogP contribution in [-0.2, 0) is 0 Å². The number of nitrogens with zero attached hydrogens (tertiary/aromatic N) is 1. The van der Waals surface area contributed by atoms with Crippen molar-refractivity contribution in [2.45, 2.75) is 12.5 Å². The van der Waals surface area contributed by atoms with Crippen molar-refractivity contribution in [1.82, 2.24) is 4.90 Å². The lowest BCUT2D eigenvalue weighted by atomic mass is 10.2. The van der Waals surface area contributed by atoms with Gasteiger partial charge in [0.1, 0.15) is 5.82 Å². The lowest BCUT2D eigenvalue weighted by molar-refractivity contribution is 0.155. The monoisotopic (exact) mass is 239 g/mol. The number of hydrogen-bond donors (Lipinski definition) is 3. The molecule has 2 rings (SSSR count). The Hall–Kier alpha value is -1.98. The Balaban J connectivity index is 2.00. The molecule has 0 unspecified atom stereocenters.